The lowest BCUT2D eigenvalue weighted by Crippen LogP contribution is -2.38. The Morgan fingerprint density at radius 1 is 1.31 bits per heavy atom. The first-order valence-electron chi connectivity index (χ1n) is 4.89. The van der Waals surface area contributed by atoms with Crippen molar-refractivity contribution in [1.29, 1.82) is 0 Å². The normalized spacial score (nSPS) is 16.8. The standard InChI is InChI=1S/C10H19N3/c1-4-8(5-2)9-6-7(3)12-13-10(9)11/h6,8,12-13H,4-5,11H2,1-3H3. The van der Waals surface area contributed by atoms with Gasteiger partial charge in [0.2, 0.25) is 0 Å². The van der Waals surface area contributed by atoms with Crippen molar-refractivity contribution in [2.24, 2.45) is 11.7 Å². The van der Waals surface area contributed by atoms with E-state index >= 15 is 0 Å². The summed E-state index contributed by atoms with van der Waals surface area (Å²) in [5, 5.41) is 0. The Bertz CT molecular complexity index is 237. The van der Waals surface area contributed by atoms with Crippen molar-refractivity contribution in [1.82, 2.24) is 10.9 Å². The molecule has 0 radical (unpaired) electrons. The van der Waals surface area contributed by atoms with Gasteiger partial charge in [-0.25, -0.2) is 0 Å². The van der Waals surface area contributed by atoms with Gasteiger partial charge in [-0.2, -0.15) is 0 Å². The highest BCUT2D eigenvalue weighted by Gasteiger charge is 2.15. The van der Waals surface area contributed by atoms with Crippen molar-refractivity contribution in [2.75, 3.05) is 0 Å². The van der Waals surface area contributed by atoms with Crippen LogP contribution in [0.1, 0.15) is 33.6 Å². The number of hydrogen-bond acceptors (Lipinski definition) is 3. The van der Waals surface area contributed by atoms with Gasteiger partial charge in [-0.15, -0.1) is 0 Å². The van der Waals surface area contributed by atoms with Gasteiger partial charge in [0.1, 0.15) is 5.82 Å². The van der Waals surface area contributed by atoms with Crippen LogP contribution in [-0.2, 0) is 0 Å². The molecule has 0 atom stereocenters. The number of hydrazine groups is 1. The smallest absolute Gasteiger partial charge is 0.118 e. The molecule has 74 valence electrons. The molecule has 13 heavy (non-hydrogen) atoms. The molecule has 0 amide bonds. The maximum absolute atomic E-state index is 5.85. The predicted molar refractivity (Wildman–Crippen MR) is 55.3 cm³/mol. The molecule has 1 aliphatic heterocycles. The minimum atomic E-state index is 0.574. The van der Waals surface area contributed by atoms with E-state index in [-0.39, 0.29) is 0 Å². The van der Waals surface area contributed by atoms with Gasteiger partial charge in [0, 0.05) is 5.70 Å². The van der Waals surface area contributed by atoms with E-state index in [0.29, 0.717) is 5.92 Å². The molecule has 0 aromatic heterocycles. The Labute approximate surface area is 80.0 Å². The van der Waals surface area contributed by atoms with Crippen LogP contribution >= 0.6 is 0 Å². The van der Waals surface area contributed by atoms with Crippen molar-refractivity contribution in [3.63, 3.8) is 0 Å². The van der Waals surface area contributed by atoms with Gasteiger partial charge in [-0.1, -0.05) is 13.8 Å². The van der Waals surface area contributed by atoms with Gasteiger partial charge in [0.05, 0.1) is 0 Å². The first-order chi connectivity index (χ1) is 6.19. The van der Waals surface area contributed by atoms with Crippen molar-refractivity contribution < 1.29 is 0 Å². The van der Waals surface area contributed by atoms with Gasteiger partial charge in [0.25, 0.3) is 0 Å². The largest absolute Gasteiger partial charge is 0.384 e. The van der Waals surface area contributed by atoms with Crippen LogP contribution in [0.3, 0.4) is 0 Å². The molecule has 0 bridgehead atoms. The van der Waals surface area contributed by atoms with Gasteiger partial charge in [0.15, 0.2) is 0 Å². The molecular formula is C10H19N3. The fourth-order valence-corrected chi connectivity index (χ4v) is 1.65. The monoisotopic (exact) mass is 181 g/mol. The number of nitrogens with one attached hydrogen (secondary N) is 2. The zero-order chi connectivity index (χ0) is 9.84. The highest BCUT2D eigenvalue weighted by Crippen LogP contribution is 2.23. The van der Waals surface area contributed by atoms with Crippen LogP contribution < -0.4 is 16.6 Å². The van der Waals surface area contributed by atoms with E-state index in [2.05, 4.69) is 30.8 Å². The van der Waals surface area contributed by atoms with E-state index < -0.39 is 0 Å². The minimum absolute atomic E-state index is 0.574. The molecule has 3 heteroatoms. The van der Waals surface area contributed by atoms with Crippen molar-refractivity contribution in [3.8, 4) is 0 Å². The summed E-state index contributed by atoms with van der Waals surface area (Å²) in [6.07, 6.45) is 4.40. The third-order valence-electron chi connectivity index (χ3n) is 2.50. The summed E-state index contributed by atoms with van der Waals surface area (Å²) in [4.78, 5) is 0. The summed E-state index contributed by atoms with van der Waals surface area (Å²) in [6, 6.07) is 0. The first kappa shape index (κ1) is 9.96. The zero-order valence-corrected chi connectivity index (χ0v) is 8.65. The Balaban J connectivity index is 2.86. The van der Waals surface area contributed by atoms with Crippen molar-refractivity contribution in [3.05, 3.63) is 23.2 Å². The van der Waals surface area contributed by atoms with Crippen LogP contribution in [-0.4, -0.2) is 0 Å². The third-order valence-corrected chi connectivity index (χ3v) is 2.50. The molecule has 1 heterocycles. The number of hydrogen-bond donors (Lipinski definition) is 3. The van der Waals surface area contributed by atoms with E-state index in [4.69, 9.17) is 5.73 Å². The van der Waals surface area contributed by atoms with Crippen LogP contribution in [0.5, 0.6) is 0 Å². The van der Waals surface area contributed by atoms with E-state index in [1.54, 1.807) is 0 Å². The fourth-order valence-electron chi connectivity index (χ4n) is 1.65. The molecule has 0 spiro atoms. The van der Waals surface area contributed by atoms with Gasteiger partial charge < -0.3 is 11.2 Å². The highest BCUT2D eigenvalue weighted by molar-refractivity contribution is 5.30. The quantitative estimate of drug-likeness (QED) is 0.620. The Morgan fingerprint density at radius 2 is 1.92 bits per heavy atom. The molecule has 0 unspecified atom stereocenters. The van der Waals surface area contributed by atoms with E-state index in [1.807, 2.05) is 6.92 Å². The number of nitrogens with two attached hydrogens (primary N) is 1. The Hall–Kier alpha value is -1.12. The molecule has 1 rings (SSSR count). The first-order valence-corrected chi connectivity index (χ1v) is 4.89. The molecule has 1 aliphatic rings. The second kappa shape index (κ2) is 4.21. The molecule has 3 nitrogen and oxygen atoms in total. The predicted octanol–water partition coefficient (Wildman–Crippen LogP) is 1.60. The second-order valence-electron chi connectivity index (χ2n) is 3.46. The average molecular weight is 181 g/mol. The van der Waals surface area contributed by atoms with Crippen molar-refractivity contribution >= 4 is 0 Å². The molecular weight excluding hydrogens is 162 g/mol. The van der Waals surface area contributed by atoms with Gasteiger partial charge in [-0.3, -0.25) is 5.43 Å². The zero-order valence-electron chi connectivity index (χ0n) is 8.65. The van der Waals surface area contributed by atoms with Gasteiger partial charge >= 0.3 is 0 Å². The summed E-state index contributed by atoms with van der Waals surface area (Å²) < 4.78 is 0. The fraction of sp³-hybridized carbons (Fsp3) is 0.600. The molecule has 0 aromatic carbocycles. The van der Waals surface area contributed by atoms with Crippen LogP contribution in [0.4, 0.5) is 0 Å². The molecule has 0 saturated heterocycles. The average Bonchev–Trinajstić information content (AvgIpc) is 2.13. The molecule has 0 fully saturated rings. The van der Waals surface area contributed by atoms with Crippen LogP contribution in [0.2, 0.25) is 0 Å². The van der Waals surface area contributed by atoms with Crippen LogP contribution in [0, 0.1) is 5.92 Å². The van der Waals surface area contributed by atoms with E-state index in [1.165, 1.54) is 5.57 Å². The third kappa shape index (κ3) is 2.17. The second-order valence-corrected chi connectivity index (χ2v) is 3.46. The van der Waals surface area contributed by atoms with E-state index in [9.17, 15) is 0 Å². The summed E-state index contributed by atoms with van der Waals surface area (Å²) in [5.74, 6) is 1.34. The molecule has 0 saturated carbocycles. The van der Waals surface area contributed by atoms with E-state index in [0.717, 1.165) is 24.4 Å². The van der Waals surface area contributed by atoms with Crippen LogP contribution in [0.25, 0.3) is 0 Å². The van der Waals surface area contributed by atoms with Crippen molar-refractivity contribution in [2.45, 2.75) is 33.6 Å². The lowest BCUT2D eigenvalue weighted by Gasteiger charge is -2.24. The van der Waals surface area contributed by atoms with Crippen LogP contribution in [0.15, 0.2) is 23.2 Å². The maximum atomic E-state index is 5.85. The molecule has 0 aliphatic carbocycles. The maximum Gasteiger partial charge on any atom is 0.118 e. The lowest BCUT2D eigenvalue weighted by atomic mass is 9.92. The summed E-state index contributed by atoms with van der Waals surface area (Å²) >= 11 is 0. The van der Waals surface area contributed by atoms with Gasteiger partial charge in [-0.05, 0) is 37.3 Å². The lowest BCUT2D eigenvalue weighted by molar-refractivity contribution is 0.547. The topological polar surface area (TPSA) is 50.1 Å². The summed E-state index contributed by atoms with van der Waals surface area (Å²) in [5.41, 5.74) is 14.2. The molecule has 0 aromatic rings. The highest BCUT2D eigenvalue weighted by atomic mass is 15.4. The number of rotatable bonds is 3. The number of allylic oxidation sites excluding steroid dienone is 3. The SMILES string of the molecule is CCC(CC)C1=C(N)NNC(C)=C1. The Morgan fingerprint density at radius 3 is 2.46 bits per heavy atom. The molecule has 4 N–H and O–H groups in total. The minimum Gasteiger partial charge on any atom is -0.384 e. The Kier molecular flexibility index (Phi) is 3.23. The summed E-state index contributed by atoms with van der Waals surface area (Å²) in [7, 11) is 0. The summed E-state index contributed by atoms with van der Waals surface area (Å²) in [6.45, 7) is 6.42.